The van der Waals surface area contributed by atoms with Crippen LogP contribution >= 0.6 is 0 Å². The van der Waals surface area contributed by atoms with Crippen molar-refractivity contribution in [3.63, 3.8) is 0 Å². The molecule has 1 fully saturated rings. The Morgan fingerprint density at radius 3 is 2.64 bits per heavy atom. The molecule has 0 aromatic carbocycles. The highest BCUT2D eigenvalue weighted by Gasteiger charge is 2.15. The Hall–Kier alpha value is -0.600. The van der Waals surface area contributed by atoms with Gasteiger partial charge in [0, 0.05) is 0 Å². The fourth-order valence-corrected chi connectivity index (χ4v) is 1.45. The van der Waals surface area contributed by atoms with Gasteiger partial charge in [-0.15, -0.1) is 0 Å². The van der Waals surface area contributed by atoms with Crippen LogP contribution in [0.15, 0.2) is 10.3 Å². The van der Waals surface area contributed by atoms with Gasteiger partial charge in [-0.2, -0.15) is 5.11 Å². The third-order valence-corrected chi connectivity index (χ3v) is 2.43. The summed E-state index contributed by atoms with van der Waals surface area (Å²) in [7, 11) is 0. The van der Waals surface area contributed by atoms with E-state index in [9.17, 15) is 0 Å². The summed E-state index contributed by atoms with van der Waals surface area (Å²) in [6.45, 7) is 0.809. The summed E-state index contributed by atoms with van der Waals surface area (Å²) in [6.07, 6.45) is 8.20. The number of rotatable bonds is 5. The molecule has 1 saturated carbocycles. The lowest BCUT2D eigenvalue weighted by Crippen LogP contribution is -2.10. The molecule has 11 heavy (non-hydrogen) atoms. The summed E-state index contributed by atoms with van der Waals surface area (Å²) in [5, 5.41) is 6.93. The molecule has 3 nitrogen and oxygen atoms in total. The minimum absolute atomic E-state index is 0.809. The predicted molar refractivity (Wildman–Crippen MR) is 45.1 cm³/mol. The quantitative estimate of drug-likeness (QED) is 0.281. The van der Waals surface area contributed by atoms with Gasteiger partial charge in [-0.3, -0.25) is 0 Å². The van der Waals surface area contributed by atoms with E-state index in [1.165, 1.54) is 32.1 Å². The molecule has 0 amide bonds. The van der Waals surface area contributed by atoms with Crippen molar-refractivity contribution in [2.75, 3.05) is 6.54 Å². The van der Waals surface area contributed by atoms with E-state index in [1.54, 1.807) is 0 Å². The van der Waals surface area contributed by atoms with Crippen molar-refractivity contribution in [1.82, 2.24) is 0 Å². The molecule has 0 saturated heterocycles. The smallest absolute Gasteiger partial charge is 0.0620 e. The van der Waals surface area contributed by atoms with E-state index in [4.69, 9.17) is 5.84 Å². The lowest BCUT2D eigenvalue weighted by Gasteiger charge is -2.24. The van der Waals surface area contributed by atoms with E-state index in [1.807, 2.05) is 0 Å². The first-order valence-corrected chi connectivity index (χ1v) is 4.50. The van der Waals surface area contributed by atoms with Crippen molar-refractivity contribution >= 4 is 0 Å². The summed E-state index contributed by atoms with van der Waals surface area (Å²) in [5.41, 5.74) is 0. The highest BCUT2D eigenvalue weighted by Crippen LogP contribution is 2.30. The zero-order valence-corrected chi connectivity index (χ0v) is 7.00. The van der Waals surface area contributed by atoms with Gasteiger partial charge in [-0.1, -0.05) is 37.3 Å². The fraction of sp³-hybridized carbons (Fsp3) is 1.00. The Morgan fingerprint density at radius 1 is 1.27 bits per heavy atom. The van der Waals surface area contributed by atoms with Gasteiger partial charge in [0.15, 0.2) is 0 Å². The standard InChI is InChI=1S/C8H17N3/c9-11-10-7-2-1-4-8-5-3-6-8/h8H,1-7H2,(H2,9,10). The van der Waals surface area contributed by atoms with Gasteiger partial charge in [0.25, 0.3) is 0 Å². The van der Waals surface area contributed by atoms with Gasteiger partial charge in [0.05, 0.1) is 6.54 Å². The van der Waals surface area contributed by atoms with Gasteiger partial charge >= 0.3 is 0 Å². The van der Waals surface area contributed by atoms with Crippen LogP contribution in [0.5, 0.6) is 0 Å². The second kappa shape index (κ2) is 5.10. The fourth-order valence-electron chi connectivity index (χ4n) is 1.45. The average Bonchev–Trinajstić information content (AvgIpc) is 1.93. The maximum absolute atomic E-state index is 4.87. The topological polar surface area (TPSA) is 50.7 Å². The summed E-state index contributed by atoms with van der Waals surface area (Å²) < 4.78 is 0. The highest BCUT2D eigenvalue weighted by molar-refractivity contribution is 4.69. The van der Waals surface area contributed by atoms with Crippen molar-refractivity contribution in [3.05, 3.63) is 0 Å². The third kappa shape index (κ3) is 3.35. The normalized spacial score (nSPS) is 18.9. The van der Waals surface area contributed by atoms with E-state index in [-0.39, 0.29) is 0 Å². The van der Waals surface area contributed by atoms with Gasteiger partial charge in [-0.25, -0.2) is 0 Å². The monoisotopic (exact) mass is 155 g/mol. The van der Waals surface area contributed by atoms with E-state index < -0.39 is 0 Å². The molecule has 0 unspecified atom stereocenters. The summed E-state index contributed by atoms with van der Waals surface area (Å²) in [4.78, 5) is 0. The Labute approximate surface area is 68.0 Å². The van der Waals surface area contributed by atoms with Crippen LogP contribution < -0.4 is 5.84 Å². The molecule has 0 radical (unpaired) electrons. The number of nitrogens with two attached hydrogens (primary N) is 1. The van der Waals surface area contributed by atoms with Crippen molar-refractivity contribution in [2.24, 2.45) is 22.1 Å². The molecule has 0 aromatic heterocycles. The molecule has 3 heteroatoms. The zero-order chi connectivity index (χ0) is 7.94. The number of hydrogen-bond acceptors (Lipinski definition) is 2. The van der Waals surface area contributed by atoms with Crippen LogP contribution in [0.4, 0.5) is 0 Å². The first kappa shape index (κ1) is 8.50. The Morgan fingerprint density at radius 2 is 2.09 bits per heavy atom. The van der Waals surface area contributed by atoms with Gasteiger partial charge in [0.1, 0.15) is 0 Å². The molecular formula is C8H17N3. The molecule has 0 heterocycles. The summed E-state index contributed by atoms with van der Waals surface area (Å²) in [5.74, 6) is 5.90. The molecule has 1 aliphatic rings. The van der Waals surface area contributed by atoms with Crippen molar-refractivity contribution < 1.29 is 0 Å². The molecule has 0 aromatic rings. The van der Waals surface area contributed by atoms with Crippen LogP contribution in [0.25, 0.3) is 0 Å². The number of unbranched alkanes of at least 4 members (excludes halogenated alkanes) is 1. The van der Waals surface area contributed by atoms with Crippen LogP contribution in [0.3, 0.4) is 0 Å². The van der Waals surface area contributed by atoms with Gasteiger partial charge < -0.3 is 5.84 Å². The SMILES string of the molecule is NN=NCCCCC1CCC1. The molecule has 0 bridgehead atoms. The van der Waals surface area contributed by atoms with Crippen LogP contribution in [-0.4, -0.2) is 6.54 Å². The highest BCUT2D eigenvalue weighted by atomic mass is 15.3. The van der Waals surface area contributed by atoms with E-state index in [0.717, 1.165) is 18.9 Å². The predicted octanol–water partition coefficient (Wildman–Crippen LogP) is 2.28. The van der Waals surface area contributed by atoms with Crippen molar-refractivity contribution in [1.29, 1.82) is 0 Å². The molecule has 1 rings (SSSR count). The van der Waals surface area contributed by atoms with Crippen LogP contribution in [0, 0.1) is 5.92 Å². The third-order valence-electron chi connectivity index (χ3n) is 2.43. The van der Waals surface area contributed by atoms with Gasteiger partial charge in [0.2, 0.25) is 0 Å². The molecular weight excluding hydrogens is 138 g/mol. The first-order valence-electron chi connectivity index (χ1n) is 4.50. The van der Waals surface area contributed by atoms with Crippen LogP contribution in [0.1, 0.15) is 38.5 Å². The Bertz CT molecular complexity index is 119. The summed E-state index contributed by atoms with van der Waals surface area (Å²) >= 11 is 0. The van der Waals surface area contributed by atoms with E-state index in [2.05, 4.69) is 10.3 Å². The van der Waals surface area contributed by atoms with Crippen molar-refractivity contribution in [2.45, 2.75) is 38.5 Å². The second-order valence-corrected chi connectivity index (χ2v) is 3.27. The summed E-state index contributed by atoms with van der Waals surface area (Å²) in [6, 6.07) is 0. The Kier molecular flexibility index (Phi) is 3.94. The average molecular weight is 155 g/mol. The second-order valence-electron chi connectivity index (χ2n) is 3.27. The minimum Gasteiger partial charge on any atom is -0.305 e. The first-order chi connectivity index (χ1) is 5.43. The van der Waals surface area contributed by atoms with Gasteiger partial charge in [-0.05, 0) is 12.3 Å². The Balaban J connectivity index is 1.80. The van der Waals surface area contributed by atoms with E-state index >= 15 is 0 Å². The maximum atomic E-state index is 4.87. The van der Waals surface area contributed by atoms with Crippen LogP contribution in [0.2, 0.25) is 0 Å². The lowest BCUT2D eigenvalue weighted by molar-refractivity contribution is 0.288. The molecule has 64 valence electrons. The minimum atomic E-state index is 0.809. The zero-order valence-electron chi connectivity index (χ0n) is 7.00. The molecule has 0 spiro atoms. The number of hydrogen-bond donors (Lipinski definition) is 1. The van der Waals surface area contributed by atoms with Crippen LogP contribution in [-0.2, 0) is 0 Å². The lowest BCUT2D eigenvalue weighted by atomic mass is 9.82. The maximum Gasteiger partial charge on any atom is 0.0620 e. The molecule has 1 aliphatic carbocycles. The number of nitrogens with zero attached hydrogens (tertiary/aromatic N) is 2. The molecule has 2 N–H and O–H groups in total. The van der Waals surface area contributed by atoms with E-state index in [0.29, 0.717) is 0 Å². The largest absolute Gasteiger partial charge is 0.305 e. The molecule has 0 aliphatic heterocycles. The van der Waals surface area contributed by atoms with Crippen molar-refractivity contribution in [3.8, 4) is 0 Å². The molecule has 0 atom stereocenters.